The maximum atomic E-state index is 12.4. The van der Waals surface area contributed by atoms with Gasteiger partial charge in [0.05, 0.1) is 24.5 Å². The summed E-state index contributed by atoms with van der Waals surface area (Å²) in [5, 5.41) is 0.0689. The largest absolute Gasteiger partial charge is 0.491 e. The second-order valence-corrected chi connectivity index (χ2v) is 15.3. The molecule has 2 aliphatic rings. The zero-order valence-electron chi connectivity index (χ0n) is 22.2. The van der Waals surface area contributed by atoms with E-state index in [1.165, 1.54) is 4.31 Å². The van der Waals surface area contributed by atoms with Crippen molar-refractivity contribution < 1.29 is 31.0 Å². The lowest BCUT2D eigenvalue weighted by molar-refractivity contribution is -0.189. The second kappa shape index (κ2) is 12.1. The summed E-state index contributed by atoms with van der Waals surface area (Å²) in [6.07, 6.45) is 5.73. The van der Waals surface area contributed by atoms with Crippen molar-refractivity contribution in [3.63, 3.8) is 0 Å². The summed E-state index contributed by atoms with van der Waals surface area (Å²) < 4.78 is 69.4. The van der Waals surface area contributed by atoms with E-state index in [9.17, 15) is 16.8 Å². The van der Waals surface area contributed by atoms with Crippen LogP contribution in [0.5, 0.6) is 5.75 Å². The number of ether oxygens (including phenoxy) is 3. The van der Waals surface area contributed by atoms with E-state index in [1.54, 1.807) is 30.7 Å². The normalized spacial score (nSPS) is 22.2. The van der Waals surface area contributed by atoms with Crippen molar-refractivity contribution in [1.29, 1.82) is 0 Å². The van der Waals surface area contributed by atoms with Gasteiger partial charge in [-0.25, -0.2) is 21.8 Å². The Labute approximate surface area is 249 Å². The molecule has 2 saturated heterocycles. The highest BCUT2D eigenvalue weighted by Gasteiger charge is 2.45. The highest BCUT2D eigenvalue weighted by atomic mass is 35.5. The van der Waals surface area contributed by atoms with Gasteiger partial charge in [0, 0.05) is 61.1 Å². The average molecular weight is 646 g/mol. The Morgan fingerprint density at radius 2 is 1.78 bits per heavy atom. The van der Waals surface area contributed by atoms with Crippen LogP contribution in [0.15, 0.2) is 61.2 Å². The van der Waals surface area contributed by atoms with Gasteiger partial charge in [-0.3, -0.25) is 0 Å². The minimum Gasteiger partial charge on any atom is -0.491 e. The van der Waals surface area contributed by atoms with Gasteiger partial charge in [-0.05, 0) is 36.4 Å². The van der Waals surface area contributed by atoms with Gasteiger partial charge in [-0.1, -0.05) is 29.3 Å². The van der Waals surface area contributed by atoms with Crippen molar-refractivity contribution >= 4 is 48.7 Å². The highest BCUT2D eigenvalue weighted by molar-refractivity contribution is 8.06. The Bertz CT molecular complexity index is 1560. The molecular formula is C26H30Cl2N4O7S2. The molecule has 15 heteroatoms. The Kier molecular flexibility index (Phi) is 8.86. The van der Waals surface area contributed by atoms with Crippen molar-refractivity contribution in [2.45, 2.75) is 18.4 Å². The molecule has 41 heavy (non-hydrogen) atoms. The van der Waals surface area contributed by atoms with Gasteiger partial charge in [0.1, 0.15) is 18.5 Å². The van der Waals surface area contributed by atoms with Gasteiger partial charge in [-0.2, -0.15) is 4.31 Å². The van der Waals surface area contributed by atoms with Crippen molar-refractivity contribution in [3.05, 3.63) is 76.8 Å². The fourth-order valence-electron chi connectivity index (χ4n) is 4.89. The molecule has 2 aromatic carbocycles. The van der Waals surface area contributed by atoms with Crippen LogP contribution in [0.1, 0.15) is 5.56 Å². The van der Waals surface area contributed by atoms with Crippen molar-refractivity contribution in [2.75, 3.05) is 55.6 Å². The monoisotopic (exact) mass is 644 g/mol. The Balaban J connectivity index is 1.18. The van der Waals surface area contributed by atoms with E-state index < -0.39 is 30.7 Å². The number of rotatable bonds is 10. The molecule has 2 fully saturated rings. The SMILES string of the molecule is CS(=O)(=O)CS(=O)(=O)N1CCN(c2ccc(OCC3COC(Cn4ccnc4)(c4ccc(Cl)cc4Cl)O3)cc2)CC1. The molecule has 0 saturated carbocycles. The van der Waals surface area contributed by atoms with E-state index in [0.717, 1.165) is 11.9 Å². The number of imidazole rings is 1. The molecule has 2 atom stereocenters. The summed E-state index contributed by atoms with van der Waals surface area (Å²) in [6, 6.07) is 12.7. The lowest BCUT2D eigenvalue weighted by atomic mass is 10.1. The lowest BCUT2D eigenvalue weighted by Gasteiger charge is -2.35. The minimum atomic E-state index is -3.86. The molecule has 0 bridgehead atoms. The predicted octanol–water partition coefficient (Wildman–Crippen LogP) is 2.99. The number of hydrogen-bond acceptors (Lipinski definition) is 9. The molecule has 5 rings (SSSR count). The van der Waals surface area contributed by atoms with E-state index >= 15 is 0 Å². The average Bonchev–Trinajstić information content (AvgIpc) is 3.57. The first-order valence-corrected chi connectivity index (χ1v) is 17.2. The fraction of sp³-hybridized carbons (Fsp3) is 0.423. The predicted molar refractivity (Wildman–Crippen MR) is 156 cm³/mol. The van der Waals surface area contributed by atoms with Crippen LogP contribution in [-0.4, -0.2) is 87.5 Å². The van der Waals surface area contributed by atoms with Gasteiger partial charge in [0.25, 0.3) is 0 Å². The number of halogens is 2. The molecule has 0 radical (unpaired) electrons. The molecule has 1 aromatic heterocycles. The fourth-order valence-corrected chi connectivity index (χ4v) is 8.92. The Morgan fingerprint density at radius 1 is 1.05 bits per heavy atom. The summed E-state index contributed by atoms with van der Waals surface area (Å²) in [5.74, 6) is -0.500. The molecule has 0 aliphatic carbocycles. The van der Waals surface area contributed by atoms with Crippen molar-refractivity contribution in [3.8, 4) is 5.75 Å². The smallest absolute Gasteiger partial charge is 0.228 e. The summed E-state index contributed by atoms with van der Waals surface area (Å²) in [5.41, 5.74) is 1.57. The quantitative estimate of drug-likeness (QED) is 0.328. The third-order valence-corrected chi connectivity index (χ3v) is 11.4. The zero-order valence-corrected chi connectivity index (χ0v) is 25.4. The molecule has 2 unspecified atom stereocenters. The summed E-state index contributed by atoms with van der Waals surface area (Å²) >= 11 is 12.6. The van der Waals surface area contributed by atoms with E-state index in [1.807, 2.05) is 39.9 Å². The molecule has 11 nitrogen and oxygen atoms in total. The molecule has 0 spiro atoms. The van der Waals surface area contributed by atoms with Crippen LogP contribution in [0.2, 0.25) is 10.0 Å². The topological polar surface area (TPSA) is 120 Å². The maximum absolute atomic E-state index is 12.4. The molecular weight excluding hydrogens is 615 g/mol. The van der Waals surface area contributed by atoms with Crippen molar-refractivity contribution in [1.82, 2.24) is 13.9 Å². The third kappa shape index (κ3) is 7.34. The highest BCUT2D eigenvalue weighted by Crippen LogP contribution is 2.40. The van der Waals surface area contributed by atoms with Crippen molar-refractivity contribution in [2.24, 2.45) is 0 Å². The lowest BCUT2D eigenvalue weighted by Crippen LogP contribution is -2.49. The molecule has 0 N–H and O–H groups in total. The van der Waals surface area contributed by atoms with Gasteiger partial charge in [0.2, 0.25) is 15.8 Å². The number of benzene rings is 2. The van der Waals surface area contributed by atoms with E-state index in [0.29, 0.717) is 41.0 Å². The maximum Gasteiger partial charge on any atom is 0.228 e. The molecule has 3 heterocycles. The van der Waals surface area contributed by atoms with Crippen LogP contribution < -0.4 is 9.64 Å². The van der Waals surface area contributed by atoms with Gasteiger partial charge < -0.3 is 23.7 Å². The summed E-state index contributed by atoms with van der Waals surface area (Å²) in [4.78, 5) is 6.15. The minimum absolute atomic E-state index is 0.216. The van der Waals surface area contributed by atoms with Crippen LogP contribution >= 0.6 is 23.2 Å². The number of aromatic nitrogens is 2. The molecule has 0 amide bonds. The first-order chi connectivity index (χ1) is 19.4. The summed E-state index contributed by atoms with van der Waals surface area (Å²) in [6.45, 7) is 2.19. The second-order valence-electron chi connectivity index (χ2n) is 10.0. The number of anilines is 1. The zero-order chi connectivity index (χ0) is 29.3. The third-order valence-electron chi connectivity index (χ3n) is 6.78. The standard InChI is InChI=1S/C26H30Cl2N4O7S2/c1-40(33,34)19-41(35,36)32-12-10-31(11-13-32)21-3-5-22(6-4-21)37-15-23-16-38-26(39-23,17-30-9-8-29-18-30)24-7-2-20(27)14-25(24)28/h2-9,14,18,23H,10-13,15-17,19H2,1H3. The van der Waals surface area contributed by atoms with E-state index in [-0.39, 0.29) is 32.4 Å². The number of hydrogen-bond donors (Lipinski definition) is 0. The first-order valence-electron chi connectivity index (χ1n) is 12.8. The van der Waals surface area contributed by atoms with Crippen LogP contribution in [-0.2, 0) is 41.7 Å². The van der Waals surface area contributed by atoms with Gasteiger partial charge in [-0.15, -0.1) is 0 Å². The van der Waals surface area contributed by atoms with E-state index in [4.69, 9.17) is 37.4 Å². The van der Waals surface area contributed by atoms with Crippen LogP contribution in [0, 0.1) is 0 Å². The Hall–Kier alpha value is -2.39. The molecule has 222 valence electrons. The van der Waals surface area contributed by atoms with Crippen LogP contribution in [0.4, 0.5) is 5.69 Å². The number of piperazine rings is 1. The van der Waals surface area contributed by atoms with Gasteiger partial charge >= 0.3 is 0 Å². The number of nitrogens with zero attached hydrogens (tertiary/aromatic N) is 4. The van der Waals surface area contributed by atoms with Crippen LogP contribution in [0.3, 0.4) is 0 Å². The Morgan fingerprint density at radius 3 is 2.41 bits per heavy atom. The molecule has 2 aliphatic heterocycles. The summed E-state index contributed by atoms with van der Waals surface area (Å²) in [7, 11) is -7.49. The van der Waals surface area contributed by atoms with Crippen LogP contribution in [0.25, 0.3) is 0 Å². The van der Waals surface area contributed by atoms with E-state index in [2.05, 4.69) is 4.98 Å². The number of sulfonamides is 1. The number of sulfone groups is 1. The molecule has 3 aromatic rings. The first kappa shape index (κ1) is 30.1. The van der Waals surface area contributed by atoms with Gasteiger partial charge in [0.15, 0.2) is 14.9 Å².